The van der Waals surface area contributed by atoms with Gasteiger partial charge in [-0.1, -0.05) is 12.1 Å². The maximum absolute atomic E-state index is 13.1. The number of methoxy groups -OCH3 is 1. The smallest absolute Gasteiger partial charge is 0.455 e. The fraction of sp³-hybridized carbons (Fsp3) is 0.364. The number of benzene rings is 1. The lowest BCUT2D eigenvalue weighted by Gasteiger charge is -2.26. The number of rotatable bonds is 3. The van der Waals surface area contributed by atoms with Gasteiger partial charge in [0, 0.05) is 0 Å². The van der Waals surface area contributed by atoms with Crippen LogP contribution in [0.1, 0.15) is 22.0 Å². The first-order chi connectivity index (χ1) is 8.61. The molecule has 0 radical (unpaired) electrons. The van der Waals surface area contributed by atoms with E-state index in [0.29, 0.717) is 0 Å². The first-order valence-electron chi connectivity index (χ1n) is 4.99. The van der Waals surface area contributed by atoms with E-state index >= 15 is 0 Å². The lowest BCUT2D eigenvalue weighted by molar-refractivity contribution is -0.291. The Kier molecular flexibility index (Phi) is 5.91. The minimum absolute atomic E-state index is 0. The van der Waals surface area contributed by atoms with E-state index in [1.807, 2.05) is 0 Å². The molecule has 20 heavy (non-hydrogen) atoms. The molecule has 1 aromatic carbocycles. The van der Waals surface area contributed by atoms with Crippen molar-refractivity contribution in [2.24, 2.45) is 5.73 Å². The minimum Gasteiger partial charge on any atom is -0.465 e. The monoisotopic (exact) mass is 319 g/mol. The highest BCUT2D eigenvalue weighted by Gasteiger charge is 2.61. The van der Waals surface area contributed by atoms with Gasteiger partial charge in [0.05, 0.1) is 12.7 Å². The number of ether oxygens (including phenoxy) is 1. The summed E-state index contributed by atoms with van der Waals surface area (Å²) in [6.45, 7) is 0. The number of hydrogen-bond acceptors (Lipinski definition) is 3. The molecule has 114 valence electrons. The molecule has 0 aliphatic carbocycles. The number of hydrogen-bond donors (Lipinski definition) is 1. The molecule has 0 unspecified atom stereocenters. The highest BCUT2D eigenvalue weighted by atomic mass is 35.5. The van der Waals surface area contributed by atoms with Gasteiger partial charge in [0.1, 0.15) is 6.04 Å². The first-order valence-corrected chi connectivity index (χ1v) is 4.99. The molecule has 1 aromatic rings. The highest BCUT2D eigenvalue weighted by Crippen LogP contribution is 2.43. The van der Waals surface area contributed by atoms with Gasteiger partial charge in [0.25, 0.3) is 0 Å². The summed E-state index contributed by atoms with van der Waals surface area (Å²) >= 11 is 0. The Bertz CT molecular complexity index is 478. The normalized spacial score (nSPS) is 13.3. The van der Waals surface area contributed by atoms with Crippen molar-refractivity contribution in [3.8, 4) is 0 Å². The fourth-order valence-electron chi connectivity index (χ4n) is 1.36. The van der Waals surface area contributed by atoms with Crippen LogP contribution in [0.3, 0.4) is 0 Å². The number of nitrogens with two attached hydrogens (primary N) is 1. The maximum Gasteiger partial charge on any atom is 0.455 e. The quantitative estimate of drug-likeness (QED) is 0.688. The van der Waals surface area contributed by atoms with E-state index in [1.165, 1.54) is 6.07 Å². The Balaban J connectivity index is 0.00000361. The number of carbonyl (C=O) groups excluding carboxylic acids is 1. The predicted octanol–water partition coefficient (Wildman–Crippen LogP) is 3.09. The molecule has 2 N–H and O–H groups in total. The van der Waals surface area contributed by atoms with Crippen LogP contribution < -0.4 is 5.73 Å². The molecule has 0 saturated heterocycles. The number of halogens is 6. The van der Waals surface area contributed by atoms with Crippen molar-refractivity contribution in [2.75, 3.05) is 7.11 Å². The molecule has 0 aromatic heterocycles. The van der Waals surface area contributed by atoms with Gasteiger partial charge in [-0.2, -0.15) is 22.0 Å². The Morgan fingerprint density at radius 2 is 1.80 bits per heavy atom. The van der Waals surface area contributed by atoms with Crippen LogP contribution >= 0.6 is 12.4 Å². The molecule has 1 rings (SSSR count). The Morgan fingerprint density at radius 3 is 2.25 bits per heavy atom. The van der Waals surface area contributed by atoms with E-state index in [-0.39, 0.29) is 18.0 Å². The van der Waals surface area contributed by atoms with Crippen molar-refractivity contribution in [1.82, 2.24) is 0 Å². The first kappa shape index (κ1) is 18.6. The zero-order valence-electron chi connectivity index (χ0n) is 10.1. The number of alkyl halides is 5. The van der Waals surface area contributed by atoms with Gasteiger partial charge in [-0.3, -0.25) is 0 Å². The molecule has 9 heteroatoms. The third-order valence-electron chi connectivity index (χ3n) is 2.44. The standard InChI is InChI=1S/C11H10F5NO2.ClH/c1-19-9(18)7-4-2-3-6(5-7)8(17)10(12,13)11(14,15)16;/h2-5,8H,17H2,1H3;1H/t8-;/m0./s1. The van der Waals surface area contributed by atoms with Gasteiger partial charge in [-0.25, -0.2) is 4.79 Å². The second kappa shape index (κ2) is 6.36. The summed E-state index contributed by atoms with van der Waals surface area (Å²) in [5, 5.41) is 0. The van der Waals surface area contributed by atoms with Crippen LogP contribution in [0.4, 0.5) is 22.0 Å². The van der Waals surface area contributed by atoms with Crippen molar-refractivity contribution >= 4 is 18.4 Å². The van der Waals surface area contributed by atoms with Crippen molar-refractivity contribution in [1.29, 1.82) is 0 Å². The van der Waals surface area contributed by atoms with Crippen LogP contribution in [0.25, 0.3) is 0 Å². The van der Waals surface area contributed by atoms with Gasteiger partial charge in [-0.15, -0.1) is 12.4 Å². The lowest BCUT2D eigenvalue weighted by Crippen LogP contribution is -2.45. The van der Waals surface area contributed by atoms with E-state index in [9.17, 15) is 26.7 Å². The largest absolute Gasteiger partial charge is 0.465 e. The highest BCUT2D eigenvalue weighted by molar-refractivity contribution is 5.89. The van der Waals surface area contributed by atoms with Gasteiger partial charge in [0.15, 0.2) is 0 Å². The summed E-state index contributed by atoms with van der Waals surface area (Å²) in [5.74, 6) is -5.95. The number of esters is 1. The molecule has 0 heterocycles. The van der Waals surface area contributed by atoms with Crippen molar-refractivity contribution < 1.29 is 31.5 Å². The molecule has 1 atom stereocenters. The molecule has 0 bridgehead atoms. The average Bonchev–Trinajstić information content (AvgIpc) is 2.35. The minimum atomic E-state index is -5.77. The second-order valence-electron chi connectivity index (χ2n) is 3.72. The van der Waals surface area contributed by atoms with Gasteiger partial charge < -0.3 is 10.5 Å². The lowest BCUT2D eigenvalue weighted by atomic mass is 9.99. The van der Waals surface area contributed by atoms with Gasteiger partial charge in [0.2, 0.25) is 0 Å². The molecule has 3 nitrogen and oxygen atoms in total. The summed E-state index contributed by atoms with van der Waals surface area (Å²) in [6, 6.07) is 1.59. The topological polar surface area (TPSA) is 52.3 Å². The van der Waals surface area contributed by atoms with Crippen molar-refractivity contribution in [2.45, 2.75) is 18.1 Å². The van der Waals surface area contributed by atoms with Crippen LogP contribution in [-0.4, -0.2) is 25.2 Å². The van der Waals surface area contributed by atoms with Crippen molar-refractivity contribution in [3.63, 3.8) is 0 Å². The van der Waals surface area contributed by atoms with Crippen LogP contribution in [0, 0.1) is 0 Å². The molecule has 0 amide bonds. The molecule has 0 spiro atoms. The summed E-state index contributed by atoms with van der Waals surface area (Å²) in [7, 11) is 1.05. The predicted molar refractivity (Wildman–Crippen MR) is 63.0 cm³/mol. The zero-order chi connectivity index (χ0) is 14.8. The summed E-state index contributed by atoms with van der Waals surface area (Å²) < 4.78 is 67.0. The van der Waals surface area contributed by atoms with E-state index in [1.54, 1.807) is 0 Å². The molecule has 0 fully saturated rings. The van der Waals surface area contributed by atoms with E-state index in [2.05, 4.69) is 4.74 Å². The van der Waals surface area contributed by atoms with Crippen LogP contribution in [0.15, 0.2) is 24.3 Å². The molecule has 0 saturated carbocycles. The average molecular weight is 320 g/mol. The SMILES string of the molecule is COC(=O)c1cccc([C@H](N)C(F)(F)C(F)(F)F)c1.Cl. The van der Waals surface area contributed by atoms with Crippen LogP contribution in [-0.2, 0) is 4.74 Å². The molecule has 0 aliphatic rings. The summed E-state index contributed by atoms with van der Waals surface area (Å²) in [4.78, 5) is 11.2. The van der Waals surface area contributed by atoms with Crippen LogP contribution in [0.5, 0.6) is 0 Å². The maximum atomic E-state index is 13.1. The number of carbonyl (C=O) groups is 1. The molecular weight excluding hydrogens is 309 g/mol. The van der Waals surface area contributed by atoms with Gasteiger partial charge in [-0.05, 0) is 17.7 Å². The Labute approximate surface area is 117 Å². The van der Waals surface area contributed by atoms with Crippen LogP contribution in [0.2, 0.25) is 0 Å². The summed E-state index contributed by atoms with van der Waals surface area (Å²) in [5.41, 5.74) is 4.28. The van der Waals surface area contributed by atoms with Gasteiger partial charge >= 0.3 is 18.1 Å². The van der Waals surface area contributed by atoms with E-state index in [0.717, 1.165) is 25.3 Å². The Morgan fingerprint density at radius 1 is 1.25 bits per heavy atom. The third-order valence-corrected chi connectivity index (χ3v) is 2.44. The molecule has 0 aliphatic heterocycles. The zero-order valence-corrected chi connectivity index (χ0v) is 10.9. The van der Waals surface area contributed by atoms with E-state index in [4.69, 9.17) is 5.73 Å². The second-order valence-corrected chi connectivity index (χ2v) is 3.72. The Hall–Kier alpha value is -1.41. The third kappa shape index (κ3) is 3.57. The molecular formula is C11H11ClF5NO2. The fourth-order valence-corrected chi connectivity index (χ4v) is 1.36. The van der Waals surface area contributed by atoms with Crippen molar-refractivity contribution in [3.05, 3.63) is 35.4 Å². The summed E-state index contributed by atoms with van der Waals surface area (Å²) in [6.07, 6.45) is -5.77. The van der Waals surface area contributed by atoms with E-state index < -0.39 is 29.7 Å².